The molecule has 0 spiro atoms. The standard InChI is InChI=1S/C18H21N3O4/c1-18(2,3)9-19-11-6-4-5-10-14(11)17(25)21(16(10)24)12-7-8-13(22)20-15(12)23/h4-6,12,19H,7-9H2,1-3H3,(H,20,22,23). The first-order valence-electron chi connectivity index (χ1n) is 8.27. The van der Waals surface area contributed by atoms with Gasteiger partial charge >= 0.3 is 0 Å². The number of benzene rings is 1. The number of fused-ring (bicyclic) bond motifs is 1. The first-order valence-corrected chi connectivity index (χ1v) is 8.27. The minimum Gasteiger partial charge on any atom is -0.384 e. The number of anilines is 1. The fourth-order valence-corrected chi connectivity index (χ4v) is 3.02. The molecule has 1 atom stereocenters. The average Bonchev–Trinajstić information content (AvgIpc) is 2.77. The number of piperidine rings is 1. The van der Waals surface area contributed by atoms with Crippen LogP contribution in [0.2, 0.25) is 0 Å². The second kappa shape index (κ2) is 5.98. The molecule has 4 amide bonds. The number of carbonyl (C=O) groups is 4. The van der Waals surface area contributed by atoms with Crippen molar-refractivity contribution in [2.45, 2.75) is 39.7 Å². The highest BCUT2D eigenvalue weighted by molar-refractivity contribution is 6.25. The topological polar surface area (TPSA) is 95.6 Å². The molecule has 0 aromatic heterocycles. The van der Waals surface area contributed by atoms with Gasteiger partial charge in [-0.3, -0.25) is 29.4 Å². The zero-order chi connectivity index (χ0) is 18.4. The van der Waals surface area contributed by atoms with Crippen molar-refractivity contribution in [1.29, 1.82) is 0 Å². The van der Waals surface area contributed by atoms with E-state index < -0.39 is 23.8 Å². The molecule has 1 aromatic rings. The van der Waals surface area contributed by atoms with Crippen molar-refractivity contribution >= 4 is 29.3 Å². The Labute approximate surface area is 145 Å². The molecule has 0 radical (unpaired) electrons. The Morgan fingerprint density at radius 2 is 1.88 bits per heavy atom. The first kappa shape index (κ1) is 17.1. The summed E-state index contributed by atoms with van der Waals surface area (Å²) in [6.45, 7) is 6.81. The van der Waals surface area contributed by atoms with E-state index in [4.69, 9.17) is 0 Å². The molecule has 1 saturated heterocycles. The number of nitrogens with zero attached hydrogens (tertiary/aromatic N) is 1. The second-order valence-corrected chi connectivity index (χ2v) is 7.59. The Morgan fingerprint density at radius 1 is 1.16 bits per heavy atom. The van der Waals surface area contributed by atoms with Crippen LogP contribution in [0.5, 0.6) is 0 Å². The molecular formula is C18H21N3O4. The van der Waals surface area contributed by atoms with Gasteiger partial charge < -0.3 is 5.32 Å². The van der Waals surface area contributed by atoms with E-state index in [0.29, 0.717) is 17.8 Å². The molecule has 2 heterocycles. The summed E-state index contributed by atoms with van der Waals surface area (Å²) >= 11 is 0. The van der Waals surface area contributed by atoms with Crippen molar-refractivity contribution in [3.05, 3.63) is 29.3 Å². The summed E-state index contributed by atoms with van der Waals surface area (Å²) in [6.07, 6.45) is 0.264. The molecule has 2 aliphatic heterocycles. The predicted octanol–water partition coefficient (Wildman–Crippen LogP) is 1.55. The molecule has 1 unspecified atom stereocenters. The smallest absolute Gasteiger partial charge is 0.264 e. The van der Waals surface area contributed by atoms with Gasteiger partial charge in [0.25, 0.3) is 11.8 Å². The third-order valence-electron chi connectivity index (χ3n) is 4.28. The Bertz CT molecular complexity index is 779. The molecule has 7 heteroatoms. The number of carbonyl (C=O) groups excluding carboxylic acids is 4. The highest BCUT2D eigenvalue weighted by Gasteiger charge is 2.45. The molecule has 7 nitrogen and oxygen atoms in total. The minimum atomic E-state index is -0.944. The van der Waals surface area contributed by atoms with Crippen LogP contribution in [-0.2, 0) is 9.59 Å². The summed E-state index contributed by atoms with van der Waals surface area (Å²) in [6, 6.07) is 4.11. The van der Waals surface area contributed by atoms with E-state index in [1.54, 1.807) is 18.2 Å². The summed E-state index contributed by atoms with van der Waals surface area (Å²) < 4.78 is 0. The quantitative estimate of drug-likeness (QED) is 0.812. The van der Waals surface area contributed by atoms with Gasteiger partial charge in [-0.05, 0) is 24.0 Å². The van der Waals surface area contributed by atoms with E-state index in [-0.39, 0.29) is 29.7 Å². The molecule has 0 saturated carbocycles. The number of hydrogen-bond donors (Lipinski definition) is 2. The van der Waals surface area contributed by atoms with Crippen molar-refractivity contribution < 1.29 is 19.2 Å². The lowest BCUT2D eigenvalue weighted by Crippen LogP contribution is -2.54. The van der Waals surface area contributed by atoms with E-state index in [1.165, 1.54) is 0 Å². The first-order chi connectivity index (χ1) is 11.7. The van der Waals surface area contributed by atoms with Crippen LogP contribution in [0.1, 0.15) is 54.3 Å². The summed E-state index contributed by atoms with van der Waals surface area (Å²) in [5.74, 6) is -1.97. The fraction of sp³-hybridized carbons (Fsp3) is 0.444. The lowest BCUT2D eigenvalue weighted by atomic mass is 9.96. The lowest BCUT2D eigenvalue weighted by Gasteiger charge is -2.28. The Kier molecular flexibility index (Phi) is 4.10. The number of nitrogens with one attached hydrogen (secondary N) is 2. The van der Waals surface area contributed by atoms with Crippen molar-refractivity contribution in [2.24, 2.45) is 5.41 Å². The van der Waals surface area contributed by atoms with Crippen LogP contribution in [0.25, 0.3) is 0 Å². The normalized spacial score (nSPS) is 20.6. The van der Waals surface area contributed by atoms with Gasteiger partial charge in [0.15, 0.2) is 0 Å². The van der Waals surface area contributed by atoms with E-state index in [2.05, 4.69) is 31.4 Å². The molecule has 1 fully saturated rings. The predicted molar refractivity (Wildman–Crippen MR) is 91.1 cm³/mol. The number of imide groups is 2. The van der Waals surface area contributed by atoms with Crippen LogP contribution in [0, 0.1) is 5.41 Å². The highest BCUT2D eigenvalue weighted by atomic mass is 16.2. The number of rotatable bonds is 3. The van der Waals surface area contributed by atoms with E-state index >= 15 is 0 Å². The van der Waals surface area contributed by atoms with Crippen LogP contribution in [0.15, 0.2) is 18.2 Å². The van der Waals surface area contributed by atoms with E-state index in [9.17, 15) is 19.2 Å². The molecule has 132 valence electrons. The van der Waals surface area contributed by atoms with Gasteiger partial charge in [0.2, 0.25) is 11.8 Å². The third-order valence-corrected chi connectivity index (χ3v) is 4.28. The van der Waals surface area contributed by atoms with Crippen LogP contribution < -0.4 is 10.6 Å². The fourth-order valence-electron chi connectivity index (χ4n) is 3.02. The SMILES string of the molecule is CC(C)(C)CNc1cccc2c1C(=O)N(C1CCC(=O)NC1=O)C2=O. The van der Waals surface area contributed by atoms with E-state index in [0.717, 1.165) is 4.90 Å². The Balaban J connectivity index is 1.91. The summed E-state index contributed by atoms with van der Waals surface area (Å²) in [4.78, 5) is 50.0. The maximum absolute atomic E-state index is 12.9. The lowest BCUT2D eigenvalue weighted by molar-refractivity contribution is -0.136. The summed E-state index contributed by atoms with van der Waals surface area (Å²) in [7, 11) is 0. The van der Waals surface area contributed by atoms with Crippen LogP contribution in [0.4, 0.5) is 5.69 Å². The van der Waals surface area contributed by atoms with Gasteiger partial charge in [0, 0.05) is 18.7 Å². The molecule has 25 heavy (non-hydrogen) atoms. The largest absolute Gasteiger partial charge is 0.384 e. The maximum atomic E-state index is 12.9. The van der Waals surface area contributed by atoms with Crippen LogP contribution >= 0.6 is 0 Å². The molecule has 2 aliphatic rings. The molecular weight excluding hydrogens is 322 g/mol. The van der Waals surface area contributed by atoms with Crippen molar-refractivity contribution in [2.75, 3.05) is 11.9 Å². The highest BCUT2D eigenvalue weighted by Crippen LogP contribution is 2.32. The van der Waals surface area contributed by atoms with Gasteiger partial charge in [0.05, 0.1) is 11.1 Å². The average molecular weight is 343 g/mol. The summed E-state index contributed by atoms with van der Waals surface area (Å²) in [5, 5.41) is 5.42. The van der Waals surface area contributed by atoms with Crippen molar-refractivity contribution in [3.8, 4) is 0 Å². The molecule has 0 bridgehead atoms. The van der Waals surface area contributed by atoms with Gasteiger partial charge in [-0.25, -0.2) is 0 Å². The van der Waals surface area contributed by atoms with Crippen LogP contribution in [-0.4, -0.2) is 41.1 Å². The molecule has 1 aromatic carbocycles. The van der Waals surface area contributed by atoms with Gasteiger partial charge in [-0.2, -0.15) is 0 Å². The van der Waals surface area contributed by atoms with E-state index in [1.807, 2.05) is 0 Å². The number of amides is 4. The zero-order valence-corrected chi connectivity index (χ0v) is 14.5. The minimum absolute atomic E-state index is 0.00229. The van der Waals surface area contributed by atoms with Crippen molar-refractivity contribution in [1.82, 2.24) is 10.2 Å². The van der Waals surface area contributed by atoms with Gasteiger partial charge in [0.1, 0.15) is 6.04 Å². The zero-order valence-electron chi connectivity index (χ0n) is 14.5. The number of hydrogen-bond acceptors (Lipinski definition) is 5. The maximum Gasteiger partial charge on any atom is 0.264 e. The van der Waals surface area contributed by atoms with Gasteiger partial charge in [-0.15, -0.1) is 0 Å². The van der Waals surface area contributed by atoms with Crippen molar-refractivity contribution in [3.63, 3.8) is 0 Å². The monoisotopic (exact) mass is 343 g/mol. The summed E-state index contributed by atoms with van der Waals surface area (Å²) in [5.41, 5.74) is 1.16. The second-order valence-electron chi connectivity index (χ2n) is 7.59. The van der Waals surface area contributed by atoms with Gasteiger partial charge in [-0.1, -0.05) is 26.8 Å². The molecule has 2 N–H and O–H groups in total. The Morgan fingerprint density at radius 3 is 2.52 bits per heavy atom. The third kappa shape index (κ3) is 3.14. The Hall–Kier alpha value is -2.70. The molecule has 3 rings (SSSR count). The van der Waals surface area contributed by atoms with Crippen LogP contribution in [0.3, 0.4) is 0 Å². The molecule has 0 aliphatic carbocycles.